The van der Waals surface area contributed by atoms with Crippen LogP contribution in [0.3, 0.4) is 0 Å². The van der Waals surface area contributed by atoms with Gasteiger partial charge in [-0.25, -0.2) is 0 Å². The molecule has 2 fully saturated rings. The Balaban J connectivity index is 1.82. The smallest absolute Gasteiger partial charge is 0.249 e. The number of imide groups is 1. The largest absolute Gasteiger partial charge is 0.367 e. The number of rotatable bonds is 2. The first-order valence-electron chi connectivity index (χ1n) is 10.2. The van der Waals surface area contributed by atoms with Gasteiger partial charge >= 0.3 is 0 Å². The minimum Gasteiger partial charge on any atom is -0.367 e. The molecule has 6 nitrogen and oxygen atoms in total. The number of piperidine rings is 2. The Morgan fingerprint density at radius 3 is 2.68 bits per heavy atom. The van der Waals surface area contributed by atoms with Crippen molar-refractivity contribution in [2.24, 2.45) is 5.92 Å². The molecule has 0 aliphatic carbocycles. The third-order valence-electron chi connectivity index (χ3n) is 5.95. The number of aromatic nitrogens is 1. The van der Waals surface area contributed by atoms with Crippen molar-refractivity contribution < 1.29 is 9.59 Å². The Labute approximate surface area is 165 Å². The molecule has 1 aromatic heterocycles. The molecule has 1 aromatic rings. The van der Waals surface area contributed by atoms with Crippen LogP contribution in [0.15, 0.2) is 36.0 Å². The van der Waals surface area contributed by atoms with E-state index >= 15 is 0 Å². The fraction of sp³-hybridized carbons (Fsp3) is 0.455. The Hall–Kier alpha value is -2.60. The maximum absolute atomic E-state index is 12.5. The lowest BCUT2D eigenvalue weighted by atomic mass is 9.87. The summed E-state index contributed by atoms with van der Waals surface area (Å²) in [5.41, 5.74) is 3.72. The van der Waals surface area contributed by atoms with Crippen molar-refractivity contribution in [3.8, 4) is 0 Å². The van der Waals surface area contributed by atoms with Gasteiger partial charge in [0, 0.05) is 24.7 Å². The van der Waals surface area contributed by atoms with Crippen molar-refractivity contribution in [2.45, 2.75) is 38.6 Å². The number of aryl methyl sites for hydroxylation is 1. The summed E-state index contributed by atoms with van der Waals surface area (Å²) in [6.07, 6.45) is 7.47. The number of carbonyl (C=O) groups is 2. The van der Waals surface area contributed by atoms with Gasteiger partial charge in [-0.05, 0) is 68.5 Å². The van der Waals surface area contributed by atoms with Crippen LogP contribution in [0, 0.1) is 12.8 Å². The monoisotopic (exact) mass is 380 g/mol. The normalized spacial score (nSPS) is 22.5. The quantitative estimate of drug-likeness (QED) is 0.690. The van der Waals surface area contributed by atoms with Gasteiger partial charge in [0.15, 0.2) is 0 Å². The summed E-state index contributed by atoms with van der Waals surface area (Å²) < 4.78 is 2.00. The number of hydrogen-bond donors (Lipinski definition) is 3. The van der Waals surface area contributed by atoms with Crippen LogP contribution in [0.5, 0.6) is 0 Å². The highest BCUT2D eigenvalue weighted by Gasteiger charge is 2.30. The van der Waals surface area contributed by atoms with Crippen molar-refractivity contribution in [3.05, 3.63) is 47.2 Å². The molecule has 1 atom stereocenters. The van der Waals surface area contributed by atoms with Crippen molar-refractivity contribution >= 4 is 23.7 Å². The average Bonchev–Trinajstić information content (AvgIpc) is 2.78. The molecule has 0 aromatic carbocycles. The summed E-state index contributed by atoms with van der Waals surface area (Å²) in [6, 6.07) is 7.66. The maximum atomic E-state index is 12.5. The molecule has 6 heteroatoms. The molecule has 3 aliphatic rings. The van der Waals surface area contributed by atoms with E-state index in [4.69, 9.17) is 0 Å². The first kappa shape index (κ1) is 18.7. The molecular weight excluding hydrogens is 352 g/mol. The number of nitrogens with zero attached hydrogens (tertiary/aromatic N) is 1. The zero-order chi connectivity index (χ0) is 19.5. The van der Waals surface area contributed by atoms with Gasteiger partial charge in [0.1, 0.15) is 11.9 Å². The maximum Gasteiger partial charge on any atom is 0.249 e. The van der Waals surface area contributed by atoms with Gasteiger partial charge in [-0.2, -0.15) is 0 Å². The molecule has 4 rings (SSSR count). The highest BCUT2D eigenvalue weighted by atomic mass is 16.2. The molecular formula is C22H28N4O2. The standard InChI is InChI=1S/C22H28N4O2/c1-15-5-3-2-4-12-26(19-6-7-20(27)25-22(19)28)21-18(15)13-17(14-24-21)16-8-10-23-11-9-16/h2-5,12-13,16,19,23-24H,6-11,14H2,1H3,(H,25,27,28). The Morgan fingerprint density at radius 1 is 1.07 bits per heavy atom. The second-order valence-corrected chi connectivity index (χ2v) is 7.81. The van der Waals surface area contributed by atoms with Crippen LogP contribution in [0.4, 0.5) is 5.82 Å². The Morgan fingerprint density at radius 2 is 1.89 bits per heavy atom. The molecule has 3 aliphatic heterocycles. The van der Waals surface area contributed by atoms with Crippen molar-refractivity contribution in [2.75, 3.05) is 25.0 Å². The fourth-order valence-corrected chi connectivity index (χ4v) is 4.35. The van der Waals surface area contributed by atoms with Crippen molar-refractivity contribution in [1.82, 2.24) is 15.2 Å². The zero-order valence-corrected chi connectivity index (χ0v) is 16.3. The van der Waals surface area contributed by atoms with E-state index in [2.05, 4.69) is 35.0 Å². The second kappa shape index (κ2) is 8.19. The predicted molar refractivity (Wildman–Crippen MR) is 110 cm³/mol. The van der Waals surface area contributed by atoms with Crippen LogP contribution in [0.1, 0.15) is 42.9 Å². The first-order valence-corrected chi connectivity index (χ1v) is 10.2. The van der Waals surface area contributed by atoms with Gasteiger partial charge in [-0.3, -0.25) is 14.9 Å². The van der Waals surface area contributed by atoms with Crippen LogP contribution < -0.4 is 16.0 Å². The van der Waals surface area contributed by atoms with E-state index in [1.807, 2.05) is 29.0 Å². The zero-order valence-electron chi connectivity index (χ0n) is 16.3. The minimum absolute atomic E-state index is 0.190. The van der Waals surface area contributed by atoms with E-state index < -0.39 is 0 Å². The number of anilines is 1. The summed E-state index contributed by atoms with van der Waals surface area (Å²) in [5, 5.41) is 9.53. The minimum atomic E-state index is -0.389. The lowest BCUT2D eigenvalue weighted by molar-refractivity contribution is -0.135. The summed E-state index contributed by atoms with van der Waals surface area (Å²) in [4.78, 5) is 24.1. The van der Waals surface area contributed by atoms with Crippen LogP contribution in [0.25, 0.3) is 6.08 Å². The van der Waals surface area contributed by atoms with E-state index in [-0.39, 0.29) is 17.9 Å². The van der Waals surface area contributed by atoms with E-state index in [0.29, 0.717) is 18.8 Å². The SMILES string of the molecule is Cc1cccccn(C2CCC(=O)NC2=O)c2c1C=C(C1CCNCC1)CN2. The molecule has 3 N–H and O–H groups in total. The van der Waals surface area contributed by atoms with Gasteiger partial charge in [0.05, 0.1) is 0 Å². The molecule has 1 unspecified atom stereocenters. The van der Waals surface area contributed by atoms with E-state index in [0.717, 1.165) is 49.4 Å². The lowest BCUT2D eigenvalue weighted by Crippen LogP contribution is -2.42. The Bertz CT molecular complexity index is 863. The summed E-state index contributed by atoms with van der Waals surface area (Å²) >= 11 is 0. The molecule has 0 radical (unpaired) electrons. The molecule has 2 saturated heterocycles. The van der Waals surface area contributed by atoms with Gasteiger partial charge in [0.2, 0.25) is 11.8 Å². The average molecular weight is 380 g/mol. The summed E-state index contributed by atoms with van der Waals surface area (Å²) in [7, 11) is 0. The predicted octanol–water partition coefficient (Wildman–Crippen LogP) is 2.71. The summed E-state index contributed by atoms with van der Waals surface area (Å²) in [5.74, 6) is 1.12. The van der Waals surface area contributed by atoms with Crippen molar-refractivity contribution in [3.63, 3.8) is 0 Å². The van der Waals surface area contributed by atoms with Gasteiger partial charge in [-0.1, -0.05) is 18.2 Å². The van der Waals surface area contributed by atoms with Crippen LogP contribution in [0.2, 0.25) is 0 Å². The van der Waals surface area contributed by atoms with Crippen LogP contribution in [-0.4, -0.2) is 36.0 Å². The molecule has 0 spiro atoms. The second-order valence-electron chi connectivity index (χ2n) is 7.81. The van der Waals surface area contributed by atoms with Crippen LogP contribution in [-0.2, 0) is 9.59 Å². The molecule has 148 valence electrons. The Kier molecular flexibility index (Phi) is 5.48. The van der Waals surface area contributed by atoms with Crippen LogP contribution >= 0.6 is 0 Å². The third kappa shape index (κ3) is 3.83. The molecule has 0 saturated carbocycles. The highest BCUT2D eigenvalue weighted by Crippen LogP contribution is 2.33. The molecule has 0 bridgehead atoms. The topological polar surface area (TPSA) is 75.2 Å². The lowest BCUT2D eigenvalue weighted by Gasteiger charge is -2.32. The van der Waals surface area contributed by atoms with Gasteiger partial charge < -0.3 is 15.2 Å². The first-order chi connectivity index (χ1) is 13.6. The van der Waals surface area contributed by atoms with Crippen molar-refractivity contribution in [1.29, 1.82) is 0 Å². The van der Waals surface area contributed by atoms with Gasteiger partial charge in [0.25, 0.3) is 0 Å². The number of amides is 2. The molecule has 28 heavy (non-hydrogen) atoms. The highest BCUT2D eigenvalue weighted by molar-refractivity contribution is 5.99. The number of hydrogen-bond acceptors (Lipinski definition) is 4. The number of fused-ring (bicyclic) bond motifs is 1. The van der Waals surface area contributed by atoms with E-state index in [1.165, 1.54) is 5.57 Å². The number of nitrogens with one attached hydrogen (secondary N) is 3. The number of carbonyl (C=O) groups excluding carboxylic acids is 2. The van der Waals surface area contributed by atoms with Gasteiger partial charge in [-0.15, -0.1) is 0 Å². The van der Waals surface area contributed by atoms with E-state index in [1.54, 1.807) is 0 Å². The van der Waals surface area contributed by atoms with E-state index in [9.17, 15) is 9.59 Å². The molecule has 2 amide bonds. The molecule has 4 heterocycles. The fourth-order valence-electron chi connectivity index (χ4n) is 4.35. The summed E-state index contributed by atoms with van der Waals surface area (Å²) in [6.45, 7) is 5.03. The third-order valence-corrected chi connectivity index (χ3v) is 5.95.